The first-order valence-corrected chi connectivity index (χ1v) is 0. The maximum atomic E-state index is 0. The van der Waals surface area contributed by atoms with E-state index in [1.807, 2.05) is 0 Å². The van der Waals surface area contributed by atoms with Crippen LogP contribution in [0.3, 0.4) is 0 Å². The van der Waals surface area contributed by atoms with Crippen LogP contribution in [0.2, 0.25) is 0 Å². The molecular weight excluding hydrogens is 162 g/mol. The Bertz CT molecular complexity index is 6.00. The second kappa shape index (κ2) is 47.7. The minimum Gasteiger partial charge on any atom is -2.00 e. The van der Waals surface area contributed by atoms with Gasteiger partial charge in [0.05, 0.1) is 0 Å². The largest absolute Gasteiger partial charge is 4.00 e. The Hall–Kier alpha value is 0.784. The summed E-state index contributed by atoms with van der Waals surface area (Å²) in [6.45, 7) is 0. The fraction of sp³-hybridized carbons (Fsp3) is 0. The minimum atomic E-state index is 0. The van der Waals surface area contributed by atoms with E-state index in [1.54, 1.807) is 0 Å². The maximum absolute atomic E-state index is 0. The molecule has 0 atom stereocenters. The Kier molecular flexibility index (Phi) is 1330. The summed E-state index contributed by atoms with van der Waals surface area (Å²) in [5, 5.41) is 0. The van der Waals surface area contributed by atoms with Crippen molar-refractivity contribution < 1.29 is 11.0 Å². The van der Waals surface area contributed by atoms with Crippen molar-refractivity contribution in [3.63, 3.8) is 0 Å². The van der Waals surface area contributed by atoms with Crippen LogP contribution in [0.1, 0.15) is 0 Å². The summed E-state index contributed by atoms with van der Waals surface area (Å²) in [6, 6.07) is 0. The van der Waals surface area contributed by atoms with Gasteiger partial charge < -0.3 is 11.0 Å². The van der Waals surface area contributed by atoms with Gasteiger partial charge in [0.15, 0.2) is 0 Å². The van der Waals surface area contributed by atoms with E-state index in [0.29, 0.717) is 0 Å². The number of hydrogen-bond donors (Lipinski definition) is 0. The number of rotatable bonds is 0. The molecule has 0 aliphatic heterocycles. The summed E-state index contributed by atoms with van der Waals surface area (Å²) in [5.74, 6) is 0. The van der Waals surface area contributed by atoms with Gasteiger partial charge in [-0.3, -0.25) is 0 Å². The molecule has 0 aromatic rings. The fourth-order valence-electron chi connectivity index (χ4n) is 0. The minimum absolute atomic E-state index is 0. The van der Waals surface area contributed by atoms with Crippen molar-refractivity contribution in [1.29, 1.82) is 0 Å². The van der Waals surface area contributed by atoms with Crippen LogP contribution < -0.4 is 0 Å². The molecule has 0 aliphatic carbocycles. The third-order valence-corrected chi connectivity index (χ3v) is 0. The summed E-state index contributed by atoms with van der Waals surface area (Å²) in [6.07, 6.45) is 0. The zero-order valence-electron chi connectivity index (χ0n) is 1.89. The van der Waals surface area contributed by atoms with Gasteiger partial charge >= 0.3 is 23.9 Å². The van der Waals surface area contributed by atoms with Crippen LogP contribution >= 0.6 is 0 Å². The van der Waals surface area contributed by atoms with E-state index < -0.39 is 0 Å². The van der Waals surface area contributed by atoms with Gasteiger partial charge in [0, 0.05) is 8.41 Å². The van der Waals surface area contributed by atoms with Gasteiger partial charge in [-0.25, -0.2) is 0 Å². The van der Waals surface area contributed by atoms with E-state index in [1.165, 1.54) is 0 Å². The Labute approximate surface area is 43.7 Å². The molecule has 4 heteroatoms. The van der Waals surface area contributed by atoms with E-state index in [9.17, 15) is 0 Å². The number of hydrogen-bond acceptors (Lipinski definition) is 0. The van der Waals surface area contributed by atoms with Gasteiger partial charge in [0.2, 0.25) is 0 Å². The smallest absolute Gasteiger partial charge is 2.00 e. The molecule has 2 nitrogen and oxygen atoms in total. The van der Waals surface area contributed by atoms with Gasteiger partial charge in [-0.2, -0.15) is 0 Å². The van der Waals surface area contributed by atoms with Crippen LogP contribution in [0.15, 0.2) is 0 Å². The topological polar surface area (TPSA) is 57.0 Å². The summed E-state index contributed by atoms with van der Waals surface area (Å²) in [5.41, 5.74) is 0. The molecule has 0 bridgehead atoms. The first-order chi connectivity index (χ1) is 0. The molecule has 0 saturated carbocycles. The van der Waals surface area contributed by atoms with Crippen molar-refractivity contribution in [3.05, 3.63) is 0 Å². The van der Waals surface area contributed by atoms with Gasteiger partial charge in [0.25, 0.3) is 0 Å². The third kappa shape index (κ3) is 14.4. The molecule has 0 aliphatic rings. The molecule has 0 heterocycles. The van der Waals surface area contributed by atoms with Crippen molar-refractivity contribution in [2.75, 3.05) is 0 Å². The van der Waals surface area contributed by atoms with Crippen molar-refractivity contribution in [2.24, 2.45) is 0 Å². The Morgan fingerprint density at radius 2 is 0.750 bits per heavy atom. The second-order valence-electron chi connectivity index (χ2n) is 0. The summed E-state index contributed by atoms with van der Waals surface area (Å²) in [7, 11) is 0. The monoisotopic (exact) mass is 163 g/mol. The van der Waals surface area contributed by atoms with E-state index in [4.69, 9.17) is 0 Å². The van der Waals surface area contributed by atoms with Crippen LogP contribution in [0.5, 0.6) is 0 Å². The first kappa shape index (κ1) is 112. The van der Waals surface area contributed by atoms with Crippen molar-refractivity contribution >= 4 is 32.3 Å². The zero-order valence-corrected chi connectivity index (χ0v) is 4.75. The molecule has 0 fully saturated rings. The van der Waals surface area contributed by atoms with Gasteiger partial charge in [-0.05, 0) is 0 Å². The molecule has 19 valence electrons. The average molecular weight is 162 g/mol. The third-order valence-electron chi connectivity index (χ3n) is 0. The van der Waals surface area contributed by atoms with Crippen molar-refractivity contribution in [3.8, 4) is 0 Å². The van der Waals surface area contributed by atoms with Crippen LogP contribution in [-0.4, -0.2) is 32.3 Å². The van der Waals surface area contributed by atoms with Crippen LogP contribution in [0, 0.1) is 0 Å². The molecule has 0 N–H and O–H groups in total. The summed E-state index contributed by atoms with van der Waals surface area (Å²) in [4.78, 5) is 0. The Morgan fingerprint density at radius 1 is 0.750 bits per heavy atom. The second-order valence-corrected chi connectivity index (χ2v) is 0. The quantitative estimate of drug-likeness (QED) is 0.410. The molecule has 3 radical (unpaired) electrons. The first-order valence-electron chi connectivity index (χ1n) is 0. The van der Waals surface area contributed by atoms with Crippen LogP contribution in [0.4, 0.5) is 0 Å². The normalized spacial score (nSPS) is 0. The summed E-state index contributed by atoms with van der Waals surface area (Å²) >= 11 is 0. The standard InChI is InChI=1S/B.2O.Sn/q;2*-2;+4. The fourth-order valence-corrected chi connectivity index (χ4v) is 0. The molecule has 0 unspecified atom stereocenters. The predicted octanol–water partition coefficient (Wildman–Crippen LogP) is -0.999. The molecule has 0 aromatic carbocycles. The molecule has 0 aromatic heterocycles. The van der Waals surface area contributed by atoms with Gasteiger partial charge in [-0.15, -0.1) is 0 Å². The molecule has 0 saturated heterocycles. The SMILES string of the molecule is [B].[O-2].[O-2].[Sn+4]. The summed E-state index contributed by atoms with van der Waals surface area (Å²) < 4.78 is 0. The molecule has 0 rings (SSSR count). The van der Waals surface area contributed by atoms with Crippen molar-refractivity contribution in [2.45, 2.75) is 0 Å². The maximum Gasteiger partial charge on any atom is 4.00 e. The van der Waals surface area contributed by atoms with Gasteiger partial charge in [-0.1, -0.05) is 0 Å². The predicted molar refractivity (Wildman–Crippen MR) is 12.9 cm³/mol. The average Bonchev–Trinajstić information content (AvgIpc) is 0. The Balaban J connectivity index is 0. The zero-order chi connectivity index (χ0) is 0. The molecule has 0 amide bonds. The molecular formula is BO2Sn. The molecule has 0 spiro atoms. The van der Waals surface area contributed by atoms with E-state index in [0.717, 1.165) is 0 Å². The van der Waals surface area contributed by atoms with E-state index in [-0.39, 0.29) is 43.3 Å². The van der Waals surface area contributed by atoms with Gasteiger partial charge in [0.1, 0.15) is 0 Å². The van der Waals surface area contributed by atoms with E-state index in [2.05, 4.69) is 0 Å². The molecule has 4 heavy (non-hydrogen) atoms. The Morgan fingerprint density at radius 3 is 0.750 bits per heavy atom. The van der Waals surface area contributed by atoms with Crippen LogP contribution in [-0.2, 0) is 11.0 Å². The van der Waals surface area contributed by atoms with Crippen LogP contribution in [0.25, 0.3) is 0 Å². The van der Waals surface area contributed by atoms with E-state index >= 15 is 0 Å². The van der Waals surface area contributed by atoms with Crippen molar-refractivity contribution in [1.82, 2.24) is 0 Å².